The van der Waals surface area contributed by atoms with E-state index < -0.39 is 0 Å². The van der Waals surface area contributed by atoms with Crippen LogP contribution in [0.4, 0.5) is 0 Å². The van der Waals surface area contributed by atoms with Gasteiger partial charge in [-0.25, -0.2) is 0 Å². The van der Waals surface area contributed by atoms with Gasteiger partial charge in [-0.2, -0.15) is 0 Å². The first-order chi connectivity index (χ1) is 11.3. The molecule has 0 radical (unpaired) electrons. The predicted octanol–water partition coefficient (Wildman–Crippen LogP) is 2.93. The van der Waals surface area contributed by atoms with Crippen molar-refractivity contribution in [1.82, 2.24) is 10.2 Å². The Bertz CT molecular complexity index is 437. The van der Waals surface area contributed by atoms with Gasteiger partial charge in [-0.05, 0) is 44.2 Å². The van der Waals surface area contributed by atoms with Gasteiger partial charge in [0, 0.05) is 45.8 Å². The number of hydrogen-bond acceptors (Lipinski definition) is 3. The number of rotatable bonds is 8. The Balaban J connectivity index is 1.81. The summed E-state index contributed by atoms with van der Waals surface area (Å²) in [6.07, 6.45) is 6.08. The first kappa shape index (κ1) is 17.9. The number of guanidine groups is 1. The zero-order chi connectivity index (χ0) is 16.3. The van der Waals surface area contributed by atoms with Crippen LogP contribution in [0, 0.1) is 5.92 Å². The van der Waals surface area contributed by atoms with Gasteiger partial charge in [-0.15, -0.1) is 0 Å². The smallest absolute Gasteiger partial charge is 0.193 e. The standard InChI is InChI=1S/C18H31N3O2/c1-3-22-14-5-10-19-18(21-12-8-16(2)9-13-21)20-11-7-17-6-4-15-23-17/h4,6,15-16H,3,5,7-14H2,1-2H3,(H,19,20). The van der Waals surface area contributed by atoms with Crippen molar-refractivity contribution >= 4 is 5.96 Å². The Labute approximate surface area is 140 Å². The van der Waals surface area contributed by atoms with Crippen LogP contribution in [0.3, 0.4) is 0 Å². The highest BCUT2D eigenvalue weighted by molar-refractivity contribution is 5.80. The van der Waals surface area contributed by atoms with Crippen LogP contribution in [0.1, 0.15) is 38.9 Å². The molecular formula is C18H31N3O2. The molecule has 5 nitrogen and oxygen atoms in total. The second-order valence-electron chi connectivity index (χ2n) is 6.18. The summed E-state index contributed by atoms with van der Waals surface area (Å²) in [4.78, 5) is 7.18. The van der Waals surface area contributed by atoms with Gasteiger partial charge in [-0.3, -0.25) is 4.99 Å². The molecule has 1 fully saturated rings. The number of likely N-dealkylation sites (tertiary alicyclic amines) is 1. The molecular weight excluding hydrogens is 290 g/mol. The molecule has 1 aromatic rings. The fourth-order valence-corrected chi connectivity index (χ4v) is 2.74. The molecule has 0 unspecified atom stereocenters. The Morgan fingerprint density at radius 1 is 1.43 bits per heavy atom. The van der Waals surface area contributed by atoms with E-state index in [4.69, 9.17) is 14.1 Å². The number of hydrogen-bond donors (Lipinski definition) is 1. The van der Waals surface area contributed by atoms with Crippen molar-refractivity contribution in [2.24, 2.45) is 10.9 Å². The number of ether oxygens (including phenoxy) is 1. The van der Waals surface area contributed by atoms with Crippen molar-refractivity contribution in [2.45, 2.75) is 39.5 Å². The normalized spacial score (nSPS) is 16.8. The lowest BCUT2D eigenvalue weighted by Crippen LogP contribution is -2.46. The second kappa shape index (κ2) is 10.3. The fourth-order valence-electron chi connectivity index (χ4n) is 2.74. The highest BCUT2D eigenvalue weighted by Gasteiger charge is 2.18. The van der Waals surface area contributed by atoms with Crippen LogP contribution in [-0.2, 0) is 11.2 Å². The van der Waals surface area contributed by atoms with Crippen molar-refractivity contribution in [3.05, 3.63) is 24.2 Å². The Morgan fingerprint density at radius 2 is 2.26 bits per heavy atom. The minimum Gasteiger partial charge on any atom is -0.469 e. The Hall–Kier alpha value is -1.49. The van der Waals surface area contributed by atoms with Crippen molar-refractivity contribution < 1.29 is 9.15 Å². The molecule has 0 bridgehead atoms. The topological polar surface area (TPSA) is 50.0 Å². The zero-order valence-electron chi connectivity index (χ0n) is 14.6. The molecule has 0 saturated carbocycles. The molecule has 1 saturated heterocycles. The lowest BCUT2D eigenvalue weighted by molar-refractivity contribution is 0.146. The van der Waals surface area contributed by atoms with Gasteiger partial charge in [0.15, 0.2) is 5.96 Å². The number of furan rings is 1. The molecule has 5 heteroatoms. The van der Waals surface area contributed by atoms with Crippen molar-refractivity contribution in [1.29, 1.82) is 0 Å². The van der Waals surface area contributed by atoms with Gasteiger partial charge >= 0.3 is 0 Å². The largest absolute Gasteiger partial charge is 0.469 e. The second-order valence-corrected chi connectivity index (χ2v) is 6.18. The highest BCUT2D eigenvalue weighted by Crippen LogP contribution is 2.16. The van der Waals surface area contributed by atoms with E-state index in [9.17, 15) is 0 Å². The van der Waals surface area contributed by atoms with Gasteiger partial charge in [0.25, 0.3) is 0 Å². The summed E-state index contributed by atoms with van der Waals surface area (Å²) in [6, 6.07) is 3.95. The molecule has 2 rings (SSSR count). The molecule has 0 spiro atoms. The summed E-state index contributed by atoms with van der Waals surface area (Å²) in [6.45, 7) is 9.79. The highest BCUT2D eigenvalue weighted by atomic mass is 16.5. The fraction of sp³-hybridized carbons (Fsp3) is 0.722. The molecule has 1 N–H and O–H groups in total. The summed E-state index contributed by atoms with van der Waals surface area (Å²) in [5.74, 6) is 2.88. The van der Waals surface area contributed by atoms with Gasteiger partial charge in [0.05, 0.1) is 6.26 Å². The molecule has 2 heterocycles. The van der Waals surface area contributed by atoms with Gasteiger partial charge in [0.2, 0.25) is 0 Å². The number of nitrogens with one attached hydrogen (secondary N) is 1. The van der Waals surface area contributed by atoms with E-state index in [1.54, 1.807) is 6.26 Å². The molecule has 0 atom stereocenters. The molecule has 0 amide bonds. The zero-order valence-corrected chi connectivity index (χ0v) is 14.6. The van der Waals surface area contributed by atoms with Crippen LogP contribution in [0.5, 0.6) is 0 Å². The lowest BCUT2D eigenvalue weighted by atomic mass is 9.99. The van der Waals surface area contributed by atoms with Crippen LogP contribution in [-0.4, -0.2) is 50.3 Å². The average Bonchev–Trinajstić information content (AvgIpc) is 3.07. The summed E-state index contributed by atoms with van der Waals surface area (Å²) in [5.41, 5.74) is 0. The van der Waals surface area contributed by atoms with Crippen LogP contribution < -0.4 is 5.32 Å². The lowest BCUT2D eigenvalue weighted by Gasteiger charge is -2.33. The summed E-state index contributed by atoms with van der Waals surface area (Å²) in [7, 11) is 0. The van der Waals surface area contributed by atoms with E-state index in [1.807, 2.05) is 19.1 Å². The maximum atomic E-state index is 5.39. The number of aliphatic imine (C=N–C) groups is 1. The molecule has 1 aliphatic heterocycles. The predicted molar refractivity (Wildman–Crippen MR) is 93.8 cm³/mol. The monoisotopic (exact) mass is 321 g/mol. The van der Waals surface area contributed by atoms with Crippen LogP contribution in [0.25, 0.3) is 0 Å². The summed E-state index contributed by atoms with van der Waals surface area (Å²) >= 11 is 0. The molecule has 130 valence electrons. The third-order valence-corrected chi connectivity index (χ3v) is 4.23. The van der Waals surface area contributed by atoms with E-state index >= 15 is 0 Å². The minimum atomic E-state index is 0.780. The average molecular weight is 321 g/mol. The van der Waals surface area contributed by atoms with E-state index in [0.717, 1.165) is 69.9 Å². The SMILES string of the molecule is CCOCCCN=C(NCCc1ccco1)N1CCC(C)CC1. The van der Waals surface area contributed by atoms with Crippen molar-refractivity contribution in [3.8, 4) is 0 Å². The van der Waals surface area contributed by atoms with E-state index in [1.165, 1.54) is 12.8 Å². The van der Waals surface area contributed by atoms with Crippen molar-refractivity contribution in [3.63, 3.8) is 0 Å². The van der Waals surface area contributed by atoms with Gasteiger partial charge < -0.3 is 19.4 Å². The van der Waals surface area contributed by atoms with Crippen LogP contribution >= 0.6 is 0 Å². The maximum Gasteiger partial charge on any atom is 0.193 e. The van der Waals surface area contributed by atoms with E-state index in [-0.39, 0.29) is 0 Å². The third kappa shape index (κ3) is 6.65. The van der Waals surface area contributed by atoms with Crippen LogP contribution in [0.15, 0.2) is 27.8 Å². The van der Waals surface area contributed by atoms with Gasteiger partial charge in [0.1, 0.15) is 5.76 Å². The number of nitrogens with zero attached hydrogens (tertiary/aromatic N) is 2. The minimum absolute atomic E-state index is 0.780. The Kier molecular flexibility index (Phi) is 8.01. The maximum absolute atomic E-state index is 5.39. The molecule has 23 heavy (non-hydrogen) atoms. The van der Waals surface area contributed by atoms with Crippen LogP contribution in [0.2, 0.25) is 0 Å². The molecule has 0 aromatic carbocycles. The molecule has 1 aliphatic rings. The molecule has 1 aromatic heterocycles. The van der Waals surface area contributed by atoms with E-state index in [0.29, 0.717) is 0 Å². The Morgan fingerprint density at radius 3 is 2.96 bits per heavy atom. The number of piperidine rings is 1. The first-order valence-electron chi connectivity index (χ1n) is 8.93. The van der Waals surface area contributed by atoms with Gasteiger partial charge in [-0.1, -0.05) is 6.92 Å². The molecule has 0 aliphatic carbocycles. The quantitative estimate of drug-likeness (QED) is 0.454. The van der Waals surface area contributed by atoms with E-state index in [2.05, 4.69) is 17.1 Å². The summed E-state index contributed by atoms with van der Waals surface area (Å²) in [5, 5.41) is 3.51. The van der Waals surface area contributed by atoms with Crippen molar-refractivity contribution in [2.75, 3.05) is 39.4 Å². The first-order valence-corrected chi connectivity index (χ1v) is 8.93. The third-order valence-electron chi connectivity index (χ3n) is 4.23. The summed E-state index contributed by atoms with van der Waals surface area (Å²) < 4.78 is 10.8.